The van der Waals surface area contributed by atoms with E-state index in [1.54, 1.807) is 0 Å². The largest absolute Gasteiger partial charge is 0.462 e. The SMILES string of the molecule is [2H]CC(C)(C)C(=O)OC[C@H]1OC(N=[N+]=[N-])[C@H](OC(=O)C(C)(C)C[2H])[C@@H](OC(=O)C(C)(C)C[2H])[C@@H]1OC(=O)C(C)(C)C[2H]. The molecule has 0 spiro atoms. The van der Waals surface area contributed by atoms with E-state index in [0.717, 1.165) is 0 Å². The molecule has 1 rings (SSSR count). The highest BCUT2D eigenvalue weighted by molar-refractivity contribution is 5.78. The number of carbonyl (C=O) groups excluding carboxylic acids is 4. The maximum atomic E-state index is 13.2. The van der Waals surface area contributed by atoms with E-state index in [-0.39, 0.29) is 20.7 Å². The third-order valence-electron chi connectivity index (χ3n) is 5.09. The van der Waals surface area contributed by atoms with Gasteiger partial charge in [0.2, 0.25) is 0 Å². The van der Waals surface area contributed by atoms with Crippen LogP contribution >= 0.6 is 0 Å². The molecule has 1 aliphatic heterocycles. The molecule has 0 N–H and O–H groups in total. The molecule has 0 amide bonds. The van der Waals surface area contributed by atoms with E-state index < -0.39 is 89.7 Å². The fourth-order valence-electron chi connectivity index (χ4n) is 2.78. The predicted octanol–water partition coefficient (Wildman–Crippen LogP) is 4.48. The third-order valence-corrected chi connectivity index (χ3v) is 5.09. The third kappa shape index (κ3) is 9.16. The van der Waals surface area contributed by atoms with Crippen LogP contribution in [-0.2, 0) is 42.9 Å². The van der Waals surface area contributed by atoms with Crippen LogP contribution in [0, 0.1) is 21.7 Å². The molecule has 1 aliphatic rings. The topological polar surface area (TPSA) is 163 Å². The normalized spacial score (nSPS) is 25.8. The fourth-order valence-corrected chi connectivity index (χ4v) is 2.78. The van der Waals surface area contributed by atoms with Gasteiger partial charge in [0.1, 0.15) is 12.7 Å². The molecule has 0 radical (unpaired) electrons. The van der Waals surface area contributed by atoms with Gasteiger partial charge in [-0.15, -0.1) is 0 Å². The molecule has 0 bridgehead atoms. The summed E-state index contributed by atoms with van der Waals surface area (Å²) in [5, 5.41) is 3.55. The van der Waals surface area contributed by atoms with Crippen molar-refractivity contribution in [3.05, 3.63) is 10.4 Å². The Morgan fingerprint density at radius 2 is 1.13 bits per heavy atom. The van der Waals surface area contributed by atoms with E-state index in [2.05, 4.69) is 10.0 Å². The number of carbonyl (C=O) groups is 4. The maximum absolute atomic E-state index is 13.2. The fraction of sp³-hybridized carbons (Fsp3) is 0.846. The van der Waals surface area contributed by atoms with Crippen molar-refractivity contribution in [3.63, 3.8) is 0 Å². The molecule has 1 unspecified atom stereocenters. The Hall–Kier alpha value is -2.85. The zero-order valence-corrected chi connectivity index (χ0v) is 23.4. The summed E-state index contributed by atoms with van der Waals surface area (Å²) in [7, 11) is 0. The van der Waals surface area contributed by atoms with Crippen LogP contribution in [0.15, 0.2) is 5.11 Å². The molecule has 0 saturated carbocycles. The van der Waals surface area contributed by atoms with Crippen LogP contribution in [0.3, 0.4) is 0 Å². The van der Waals surface area contributed by atoms with Crippen LogP contribution in [0.2, 0.25) is 0 Å². The lowest BCUT2D eigenvalue weighted by molar-refractivity contribution is -0.259. The van der Waals surface area contributed by atoms with Crippen molar-refractivity contribution in [2.75, 3.05) is 6.61 Å². The summed E-state index contributed by atoms with van der Waals surface area (Å²) in [6.07, 6.45) is -8.06. The molecule has 12 heteroatoms. The van der Waals surface area contributed by atoms with Gasteiger partial charge < -0.3 is 23.7 Å². The first kappa shape index (κ1) is 26.7. The van der Waals surface area contributed by atoms with Crippen molar-refractivity contribution in [2.45, 2.75) is 114 Å². The average Bonchev–Trinajstić information content (AvgIpc) is 2.94. The number of ether oxygens (including phenoxy) is 5. The van der Waals surface area contributed by atoms with Crippen molar-refractivity contribution >= 4 is 23.9 Å². The highest BCUT2D eigenvalue weighted by Gasteiger charge is 2.54. The van der Waals surface area contributed by atoms with Gasteiger partial charge in [-0.1, -0.05) is 5.11 Å². The van der Waals surface area contributed by atoms with Crippen LogP contribution in [0.1, 0.15) is 88.5 Å². The van der Waals surface area contributed by atoms with Gasteiger partial charge in [0.15, 0.2) is 24.5 Å². The zero-order chi connectivity index (χ0) is 32.7. The minimum absolute atomic E-state index is 0.304. The second-order valence-corrected chi connectivity index (χ2v) is 12.0. The van der Waals surface area contributed by atoms with E-state index in [1.165, 1.54) is 55.4 Å². The first-order valence-electron chi connectivity index (χ1n) is 14.7. The smallest absolute Gasteiger partial charge is 0.311 e. The Kier molecular flexibility index (Phi) is 8.38. The summed E-state index contributed by atoms with van der Waals surface area (Å²) >= 11 is 0. The van der Waals surface area contributed by atoms with Crippen molar-refractivity contribution in [3.8, 4) is 0 Å². The molecular formula is C26H43N3O9. The van der Waals surface area contributed by atoms with Gasteiger partial charge in [-0.3, -0.25) is 19.2 Å². The summed E-state index contributed by atoms with van der Waals surface area (Å²) in [6.45, 7) is 9.51. The van der Waals surface area contributed by atoms with Crippen LogP contribution in [0.4, 0.5) is 0 Å². The van der Waals surface area contributed by atoms with Crippen molar-refractivity contribution < 1.29 is 48.3 Å². The summed E-state index contributed by atoms with van der Waals surface area (Å²) in [4.78, 5) is 54.8. The number of esters is 4. The second-order valence-electron chi connectivity index (χ2n) is 12.0. The lowest BCUT2D eigenvalue weighted by Gasteiger charge is -2.45. The van der Waals surface area contributed by atoms with Crippen molar-refractivity contribution in [1.82, 2.24) is 0 Å². The van der Waals surface area contributed by atoms with Gasteiger partial charge in [-0.2, -0.15) is 0 Å². The molecule has 5 atom stereocenters. The molecule has 0 aromatic heterocycles. The average molecular weight is 546 g/mol. The van der Waals surface area contributed by atoms with E-state index in [4.69, 9.17) is 29.2 Å². The van der Waals surface area contributed by atoms with E-state index in [1.807, 2.05) is 0 Å². The molecule has 12 nitrogen and oxygen atoms in total. The lowest BCUT2D eigenvalue weighted by atomic mass is 9.92. The molecule has 1 saturated heterocycles. The minimum atomic E-state index is -1.68. The molecular weight excluding hydrogens is 498 g/mol. The molecule has 38 heavy (non-hydrogen) atoms. The van der Waals surface area contributed by atoms with E-state index in [0.29, 0.717) is 0 Å². The monoisotopic (exact) mass is 545 g/mol. The molecule has 0 aromatic rings. The summed E-state index contributed by atoms with van der Waals surface area (Å²) in [5.41, 5.74) is 4.01. The Balaban J connectivity index is 3.77. The molecule has 216 valence electrons. The van der Waals surface area contributed by atoms with Gasteiger partial charge in [0.05, 0.1) is 21.7 Å². The van der Waals surface area contributed by atoms with Gasteiger partial charge >= 0.3 is 23.9 Å². The lowest BCUT2D eigenvalue weighted by Crippen LogP contribution is -2.63. The number of nitrogens with zero attached hydrogens (tertiary/aromatic N) is 3. The first-order valence-corrected chi connectivity index (χ1v) is 11.9. The Morgan fingerprint density at radius 3 is 1.55 bits per heavy atom. The second kappa shape index (κ2) is 11.9. The number of hydrogen-bond acceptors (Lipinski definition) is 10. The van der Waals surface area contributed by atoms with Gasteiger partial charge in [-0.25, -0.2) is 0 Å². The van der Waals surface area contributed by atoms with Gasteiger partial charge in [0, 0.05) is 10.4 Å². The molecule has 0 aromatic carbocycles. The van der Waals surface area contributed by atoms with E-state index >= 15 is 0 Å². The number of rotatable bonds is 6. The number of hydrogen-bond donors (Lipinski definition) is 0. The van der Waals surface area contributed by atoms with Gasteiger partial charge in [-0.05, 0) is 88.5 Å². The molecule has 0 aliphatic carbocycles. The summed E-state index contributed by atoms with van der Waals surface area (Å²) < 4.78 is 59.1. The van der Waals surface area contributed by atoms with Crippen LogP contribution < -0.4 is 0 Å². The summed E-state index contributed by atoms with van der Waals surface area (Å²) in [5.74, 6) is -3.55. The molecule has 1 fully saturated rings. The van der Waals surface area contributed by atoms with Crippen molar-refractivity contribution in [2.24, 2.45) is 26.8 Å². The highest BCUT2D eigenvalue weighted by Crippen LogP contribution is 2.34. The highest BCUT2D eigenvalue weighted by atomic mass is 16.7. The quantitative estimate of drug-likeness (QED) is 0.154. The van der Waals surface area contributed by atoms with Crippen LogP contribution in [0.25, 0.3) is 10.4 Å². The van der Waals surface area contributed by atoms with Crippen LogP contribution in [0.5, 0.6) is 0 Å². The molecule has 1 heterocycles. The van der Waals surface area contributed by atoms with Crippen LogP contribution in [-0.4, -0.2) is 61.1 Å². The standard InChI is InChI=1S/C26H43N3O9/c1-23(2,3)19(30)34-13-14-15(36-20(31)24(4,5)6)16(37-21(32)25(7,8)9)17(18(35-14)28-29-27)38-22(33)26(10,11)12/h14-18H,13H2,1-12H3/t14-,15-,16+,17-,18?/m1/s1/i1D,4D,7D,10D. The zero-order valence-electron chi connectivity index (χ0n) is 27.4. The van der Waals surface area contributed by atoms with Crippen molar-refractivity contribution in [1.29, 1.82) is 0 Å². The Bertz CT molecular complexity index is 1050. The number of azide groups is 1. The Labute approximate surface area is 230 Å². The van der Waals surface area contributed by atoms with Gasteiger partial charge in [0.25, 0.3) is 0 Å². The first-order chi connectivity index (χ1) is 19.2. The predicted molar refractivity (Wildman–Crippen MR) is 136 cm³/mol. The van der Waals surface area contributed by atoms with E-state index in [9.17, 15) is 24.7 Å². The maximum Gasteiger partial charge on any atom is 0.311 e. The minimum Gasteiger partial charge on any atom is -0.462 e. The summed E-state index contributed by atoms with van der Waals surface area (Å²) in [6, 6.07) is 0. The Morgan fingerprint density at radius 1 is 0.737 bits per heavy atom.